The van der Waals surface area contributed by atoms with E-state index in [2.05, 4.69) is 15.0 Å². The Bertz CT molecular complexity index is 1030. The maximum atomic E-state index is 13.0. The number of rotatable bonds is 6. The van der Waals surface area contributed by atoms with Crippen LogP contribution in [0, 0.1) is 13.8 Å². The number of pyridine rings is 1. The van der Waals surface area contributed by atoms with Crippen molar-refractivity contribution in [1.82, 2.24) is 19.9 Å². The van der Waals surface area contributed by atoms with Gasteiger partial charge in [0.25, 0.3) is 0 Å². The average molecular weight is 425 g/mol. The second-order valence-corrected chi connectivity index (χ2v) is 7.87. The third kappa shape index (κ3) is 3.97. The number of nitrogens with zero attached hydrogens (tertiary/aromatic N) is 6. The summed E-state index contributed by atoms with van der Waals surface area (Å²) in [6.45, 7) is 6.04. The van der Waals surface area contributed by atoms with E-state index in [1.165, 1.54) is 0 Å². The number of hydrogen-bond donors (Lipinski definition) is 1. The average Bonchev–Trinajstić information content (AvgIpc) is 3.15. The Hall–Kier alpha value is -3.43. The highest BCUT2D eigenvalue weighted by Crippen LogP contribution is 2.34. The lowest BCUT2D eigenvalue weighted by atomic mass is 10.1. The summed E-state index contributed by atoms with van der Waals surface area (Å²) in [5, 5.41) is 0. The zero-order valence-corrected chi connectivity index (χ0v) is 18.1. The minimum absolute atomic E-state index is 0.0794. The number of fused-ring (bicyclic) bond motifs is 1. The van der Waals surface area contributed by atoms with E-state index in [-0.39, 0.29) is 24.3 Å². The predicted molar refractivity (Wildman–Crippen MR) is 116 cm³/mol. The topological polar surface area (TPSA) is 118 Å². The summed E-state index contributed by atoms with van der Waals surface area (Å²) in [5.41, 5.74) is 9.13. The molecule has 0 unspecified atom stereocenters. The molecular weight excluding hydrogens is 398 g/mol. The number of aromatic nitrogens is 3. The molecule has 2 aliphatic rings. The van der Waals surface area contributed by atoms with Crippen molar-refractivity contribution in [3.05, 3.63) is 29.2 Å². The number of hydrogen-bond acceptors (Lipinski definition) is 8. The number of ether oxygens (including phenoxy) is 1. The molecule has 164 valence electrons. The molecule has 0 aliphatic carbocycles. The van der Waals surface area contributed by atoms with E-state index in [0.717, 1.165) is 35.5 Å². The molecule has 2 aromatic rings. The molecule has 2 amide bonds. The molecule has 4 rings (SSSR count). The van der Waals surface area contributed by atoms with Crippen LogP contribution in [-0.4, -0.2) is 65.0 Å². The number of nitrogen functional groups attached to an aromatic ring is 1. The lowest BCUT2D eigenvalue weighted by Crippen LogP contribution is -2.49. The van der Waals surface area contributed by atoms with E-state index in [1.54, 1.807) is 29.3 Å². The lowest BCUT2D eigenvalue weighted by molar-refractivity contribution is -0.128. The van der Waals surface area contributed by atoms with Gasteiger partial charge in [0.15, 0.2) is 5.82 Å². The molecule has 10 heteroatoms. The molecule has 1 saturated heterocycles. The highest BCUT2D eigenvalue weighted by atomic mass is 16.5. The van der Waals surface area contributed by atoms with Gasteiger partial charge in [0.1, 0.15) is 11.4 Å². The quantitative estimate of drug-likeness (QED) is 0.730. The number of aryl methyl sites for hydroxylation is 1. The van der Waals surface area contributed by atoms with Crippen molar-refractivity contribution in [3.8, 4) is 5.75 Å². The van der Waals surface area contributed by atoms with Gasteiger partial charge in [-0.15, -0.1) is 0 Å². The van der Waals surface area contributed by atoms with Gasteiger partial charge < -0.3 is 25.2 Å². The summed E-state index contributed by atoms with van der Waals surface area (Å²) < 4.78 is 5.51. The second-order valence-electron chi connectivity index (χ2n) is 7.87. The molecule has 0 aromatic carbocycles. The van der Waals surface area contributed by atoms with E-state index in [1.807, 2.05) is 18.7 Å². The Balaban J connectivity index is 1.61. The van der Waals surface area contributed by atoms with Gasteiger partial charge in [-0.3, -0.25) is 14.6 Å². The first-order valence-corrected chi connectivity index (χ1v) is 10.3. The molecule has 10 nitrogen and oxygen atoms in total. The van der Waals surface area contributed by atoms with Crippen LogP contribution < -0.4 is 20.3 Å². The molecular formula is C21H27N7O3. The van der Waals surface area contributed by atoms with Crippen molar-refractivity contribution < 1.29 is 14.3 Å². The monoisotopic (exact) mass is 425 g/mol. The molecule has 0 radical (unpaired) electrons. The first-order chi connectivity index (χ1) is 14.9. The predicted octanol–water partition coefficient (Wildman–Crippen LogP) is 1.05. The number of anilines is 3. The molecule has 0 atom stereocenters. The molecule has 2 N–H and O–H groups in total. The fourth-order valence-corrected chi connectivity index (χ4v) is 4.21. The summed E-state index contributed by atoms with van der Waals surface area (Å²) in [6, 6.07) is 0. The van der Waals surface area contributed by atoms with Crippen molar-refractivity contribution in [2.24, 2.45) is 0 Å². The van der Waals surface area contributed by atoms with Crippen molar-refractivity contribution in [1.29, 1.82) is 0 Å². The standard InChI is InChI=1S/C21H27N7O3/c1-13-9-23-15(14(2)19(13)31-3)11-27-12-18(30)28(8-7-26-6-4-5-17(26)29)16-10-24-21(22)25-20(16)27/h9-10H,4-8,11-12H2,1-3H3,(H2,22,24,25). The van der Waals surface area contributed by atoms with Gasteiger partial charge in [0.2, 0.25) is 17.8 Å². The minimum atomic E-state index is -0.0794. The van der Waals surface area contributed by atoms with Crippen LogP contribution in [0.3, 0.4) is 0 Å². The smallest absolute Gasteiger partial charge is 0.246 e. The molecule has 0 bridgehead atoms. The normalized spacial score (nSPS) is 16.2. The fraction of sp³-hybridized carbons (Fsp3) is 0.476. The van der Waals surface area contributed by atoms with Gasteiger partial charge in [-0.25, -0.2) is 4.98 Å². The van der Waals surface area contributed by atoms with Gasteiger partial charge in [-0.1, -0.05) is 0 Å². The minimum Gasteiger partial charge on any atom is -0.496 e. The number of likely N-dealkylation sites (tertiary alicyclic amines) is 1. The molecule has 0 spiro atoms. The Morgan fingerprint density at radius 2 is 1.90 bits per heavy atom. The number of carbonyl (C=O) groups is 2. The summed E-state index contributed by atoms with van der Waals surface area (Å²) >= 11 is 0. The molecule has 2 aliphatic heterocycles. The Morgan fingerprint density at radius 1 is 1.10 bits per heavy atom. The third-order valence-electron chi connectivity index (χ3n) is 5.84. The van der Waals surface area contributed by atoms with Gasteiger partial charge in [0, 0.05) is 43.4 Å². The SMILES string of the molecule is COc1c(C)cnc(CN2CC(=O)N(CCN3CCCC3=O)c3cnc(N)nc32)c1C. The Labute approximate surface area is 181 Å². The largest absolute Gasteiger partial charge is 0.496 e. The van der Waals surface area contributed by atoms with Gasteiger partial charge in [-0.2, -0.15) is 4.98 Å². The first-order valence-electron chi connectivity index (χ1n) is 10.3. The number of amides is 2. The summed E-state index contributed by atoms with van der Waals surface area (Å²) in [7, 11) is 1.63. The summed E-state index contributed by atoms with van der Waals surface area (Å²) in [5.74, 6) is 1.56. The molecule has 1 fully saturated rings. The maximum absolute atomic E-state index is 13.0. The van der Waals surface area contributed by atoms with Crippen LogP contribution in [0.4, 0.5) is 17.5 Å². The van der Waals surface area contributed by atoms with Crippen LogP contribution in [0.2, 0.25) is 0 Å². The van der Waals surface area contributed by atoms with E-state index in [0.29, 0.717) is 37.6 Å². The van der Waals surface area contributed by atoms with Crippen LogP contribution in [0.15, 0.2) is 12.4 Å². The first kappa shape index (κ1) is 20.8. The second kappa shape index (κ2) is 8.37. The van der Waals surface area contributed by atoms with Crippen LogP contribution in [-0.2, 0) is 16.1 Å². The van der Waals surface area contributed by atoms with Crippen LogP contribution in [0.25, 0.3) is 0 Å². The zero-order chi connectivity index (χ0) is 22.1. The highest BCUT2D eigenvalue weighted by molar-refractivity contribution is 6.02. The van der Waals surface area contributed by atoms with Crippen LogP contribution >= 0.6 is 0 Å². The van der Waals surface area contributed by atoms with E-state index in [4.69, 9.17) is 10.5 Å². The third-order valence-corrected chi connectivity index (χ3v) is 5.84. The maximum Gasteiger partial charge on any atom is 0.246 e. The van der Waals surface area contributed by atoms with Crippen molar-refractivity contribution >= 4 is 29.3 Å². The number of methoxy groups -OCH3 is 1. The van der Waals surface area contributed by atoms with Gasteiger partial charge in [0.05, 0.1) is 32.1 Å². The van der Waals surface area contributed by atoms with Crippen LogP contribution in [0.1, 0.15) is 29.7 Å². The van der Waals surface area contributed by atoms with Crippen LogP contribution in [0.5, 0.6) is 5.75 Å². The lowest BCUT2D eigenvalue weighted by Gasteiger charge is -2.36. The molecule has 4 heterocycles. The van der Waals surface area contributed by atoms with Crippen molar-refractivity contribution in [3.63, 3.8) is 0 Å². The summed E-state index contributed by atoms with van der Waals surface area (Å²) in [6.07, 6.45) is 4.78. The molecule has 31 heavy (non-hydrogen) atoms. The van der Waals surface area contributed by atoms with E-state index >= 15 is 0 Å². The Morgan fingerprint density at radius 3 is 2.61 bits per heavy atom. The van der Waals surface area contributed by atoms with Crippen molar-refractivity contribution in [2.45, 2.75) is 33.2 Å². The van der Waals surface area contributed by atoms with Gasteiger partial charge >= 0.3 is 0 Å². The Kier molecular flexibility index (Phi) is 5.62. The number of carbonyl (C=O) groups excluding carboxylic acids is 2. The van der Waals surface area contributed by atoms with Gasteiger partial charge in [-0.05, 0) is 20.3 Å². The molecule has 2 aromatic heterocycles. The number of nitrogens with two attached hydrogens (primary N) is 1. The fourth-order valence-electron chi connectivity index (χ4n) is 4.21. The van der Waals surface area contributed by atoms with E-state index in [9.17, 15) is 9.59 Å². The van der Waals surface area contributed by atoms with E-state index < -0.39 is 0 Å². The summed E-state index contributed by atoms with van der Waals surface area (Å²) in [4.78, 5) is 43.3. The van der Waals surface area contributed by atoms with Crippen molar-refractivity contribution in [2.75, 3.05) is 48.8 Å². The highest BCUT2D eigenvalue weighted by Gasteiger charge is 2.32. The zero-order valence-electron chi connectivity index (χ0n) is 18.1. The molecule has 0 saturated carbocycles.